The Labute approximate surface area is 64.1 Å². The average molecular weight is 150 g/mol. The number of rotatable bonds is 0. The first-order valence-corrected chi connectivity index (χ1v) is 3.45. The van der Waals surface area contributed by atoms with Crippen LogP contribution in [0.4, 0.5) is 4.39 Å². The van der Waals surface area contributed by atoms with E-state index in [0.29, 0.717) is 6.61 Å². The van der Waals surface area contributed by atoms with Crippen molar-refractivity contribution in [3.05, 3.63) is 35.7 Å². The molecule has 1 nitrogen and oxygen atoms in total. The zero-order valence-electron chi connectivity index (χ0n) is 5.88. The van der Waals surface area contributed by atoms with Gasteiger partial charge in [-0.3, -0.25) is 0 Å². The van der Waals surface area contributed by atoms with Crippen LogP contribution in [0.1, 0.15) is 5.56 Å². The largest absolute Gasteiger partial charge is 0.489 e. The Hall–Kier alpha value is -1.31. The summed E-state index contributed by atoms with van der Waals surface area (Å²) in [6.45, 7) is 0.582. The fourth-order valence-corrected chi connectivity index (χ4v) is 1.09. The van der Waals surface area contributed by atoms with Crippen molar-refractivity contribution >= 4 is 6.08 Å². The van der Waals surface area contributed by atoms with Gasteiger partial charge in [0.1, 0.15) is 18.2 Å². The second-order valence-corrected chi connectivity index (χ2v) is 2.40. The van der Waals surface area contributed by atoms with E-state index in [4.69, 9.17) is 4.74 Å². The maximum atomic E-state index is 12.6. The highest BCUT2D eigenvalue weighted by Gasteiger charge is 2.04. The molecule has 1 aliphatic rings. The standard InChI is InChI=1S/C9H7FO/c10-8-3-4-9-7(6-8)2-1-5-11-9/h1-4,6H,5H2. The maximum Gasteiger partial charge on any atom is 0.127 e. The molecular weight excluding hydrogens is 143 g/mol. The molecule has 0 spiro atoms. The Balaban J connectivity index is 2.54. The number of fused-ring (bicyclic) bond motifs is 1. The van der Waals surface area contributed by atoms with Crippen LogP contribution in [0.5, 0.6) is 5.75 Å². The molecule has 1 aromatic carbocycles. The second-order valence-electron chi connectivity index (χ2n) is 2.40. The van der Waals surface area contributed by atoms with Crippen LogP contribution in [-0.2, 0) is 0 Å². The average Bonchev–Trinajstić information content (AvgIpc) is 2.04. The Morgan fingerprint density at radius 3 is 3.18 bits per heavy atom. The zero-order chi connectivity index (χ0) is 7.68. The molecule has 0 fully saturated rings. The normalized spacial score (nSPS) is 13.9. The summed E-state index contributed by atoms with van der Waals surface area (Å²) in [6.07, 6.45) is 3.73. The molecule has 1 aliphatic heterocycles. The van der Waals surface area contributed by atoms with Crippen molar-refractivity contribution < 1.29 is 9.13 Å². The van der Waals surface area contributed by atoms with Crippen molar-refractivity contribution in [1.82, 2.24) is 0 Å². The van der Waals surface area contributed by atoms with Crippen molar-refractivity contribution in [2.24, 2.45) is 0 Å². The lowest BCUT2D eigenvalue weighted by Crippen LogP contribution is -1.99. The van der Waals surface area contributed by atoms with E-state index in [1.54, 1.807) is 6.07 Å². The van der Waals surface area contributed by atoms with Crippen molar-refractivity contribution in [2.45, 2.75) is 0 Å². The Bertz CT molecular complexity index is 304. The fraction of sp³-hybridized carbons (Fsp3) is 0.111. The Kier molecular flexibility index (Phi) is 1.39. The molecule has 11 heavy (non-hydrogen) atoms. The molecule has 0 saturated carbocycles. The van der Waals surface area contributed by atoms with E-state index in [2.05, 4.69) is 0 Å². The van der Waals surface area contributed by atoms with Crippen LogP contribution < -0.4 is 4.74 Å². The lowest BCUT2D eigenvalue weighted by Gasteiger charge is -2.10. The molecule has 1 aromatic rings. The van der Waals surface area contributed by atoms with Crippen LogP contribution in [0.15, 0.2) is 24.3 Å². The molecule has 0 N–H and O–H groups in total. The minimum Gasteiger partial charge on any atom is -0.489 e. The lowest BCUT2D eigenvalue weighted by atomic mass is 10.1. The van der Waals surface area contributed by atoms with E-state index in [-0.39, 0.29) is 5.82 Å². The third-order valence-corrected chi connectivity index (χ3v) is 1.60. The molecule has 0 atom stereocenters. The van der Waals surface area contributed by atoms with Crippen LogP contribution in [-0.4, -0.2) is 6.61 Å². The Morgan fingerprint density at radius 1 is 1.36 bits per heavy atom. The minimum absolute atomic E-state index is 0.223. The minimum atomic E-state index is -0.223. The molecule has 0 amide bonds. The van der Waals surface area contributed by atoms with Gasteiger partial charge in [-0.05, 0) is 24.3 Å². The molecule has 0 bridgehead atoms. The van der Waals surface area contributed by atoms with Crippen LogP contribution in [0, 0.1) is 5.82 Å². The molecule has 0 aliphatic carbocycles. The monoisotopic (exact) mass is 150 g/mol. The van der Waals surface area contributed by atoms with Gasteiger partial charge in [0.2, 0.25) is 0 Å². The number of hydrogen-bond acceptors (Lipinski definition) is 1. The van der Waals surface area contributed by atoms with Gasteiger partial charge in [-0.1, -0.05) is 6.08 Å². The van der Waals surface area contributed by atoms with Crippen molar-refractivity contribution in [1.29, 1.82) is 0 Å². The molecule has 56 valence electrons. The van der Waals surface area contributed by atoms with Crippen LogP contribution in [0.2, 0.25) is 0 Å². The van der Waals surface area contributed by atoms with Gasteiger partial charge < -0.3 is 4.74 Å². The fourth-order valence-electron chi connectivity index (χ4n) is 1.09. The van der Waals surface area contributed by atoms with E-state index in [9.17, 15) is 4.39 Å². The van der Waals surface area contributed by atoms with E-state index in [1.165, 1.54) is 12.1 Å². The van der Waals surface area contributed by atoms with Crippen molar-refractivity contribution in [3.63, 3.8) is 0 Å². The van der Waals surface area contributed by atoms with E-state index < -0.39 is 0 Å². The van der Waals surface area contributed by atoms with Gasteiger partial charge >= 0.3 is 0 Å². The molecule has 0 saturated heterocycles. The number of benzene rings is 1. The van der Waals surface area contributed by atoms with Gasteiger partial charge in [0.25, 0.3) is 0 Å². The molecule has 0 unspecified atom stereocenters. The highest BCUT2D eigenvalue weighted by Crippen LogP contribution is 2.23. The van der Waals surface area contributed by atoms with Gasteiger partial charge in [0, 0.05) is 5.56 Å². The van der Waals surface area contributed by atoms with Crippen molar-refractivity contribution in [3.8, 4) is 5.75 Å². The Morgan fingerprint density at radius 2 is 2.27 bits per heavy atom. The zero-order valence-corrected chi connectivity index (χ0v) is 5.88. The summed E-state index contributed by atoms with van der Waals surface area (Å²) in [4.78, 5) is 0. The third-order valence-electron chi connectivity index (χ3n) is 1.60. The SMILES string of the molecule is Fc1ccc2c(c1)C=CCO2. The van der Waals surface area contributed by atoms with Gasteiger partial charge in [-0.2, -0.15) is 0 Å². The summed E-state index contributed by atoms with van der Waals surface area (Å²) in [7, 11) is 0. The molecule has 2 heteroatoms. The van der Waals surface area contributed by atoms with Gasteiger partial charge in [0.05, 0.1) is 0 Å². The first kappa shape index (κ1) is 6.40. The molecule has 0 radical (unpaired) electrons. The van der Waals surface area contributed by atoms with Gasteiger partial charge in [-0.25, -0.2) is 4.39 Å². The number of halogens is 1. The molecular formula is C9H7FO. The molecule has 0 aromatic heterocycles. The summed E-state index contributed by atoms with van der Waals surface area (Å²) in [5.41, 5.74) is 0.816. The van der Waals surface area contributed by atoms with Gasteiger partial charge in [-0.15, -0.1) is 0 Å². The summed E-state index contributed by atoms with van der Waals surface area (Å²) in [5.74, 6) is 0.535. The highest BCUT2D eigenvalue weighted by molar-refractivity contribution is 5.59. The summed E-state index contributed by atoms with van der Waals surface area (Å²) in [5, 5.41) is 0. The van der Waals surface area contributed by atoms with Crippen LogP contribution >= 0.6 is 0 Å². The number of hydrogen-bond donors (Lipinski definition) is 0. The first-order valence-electron chi connectivity index (χ1n) is 3.45. The topological polar surface area (TPSA) is 9.23 Å². The van der Waals surface area contributed by atoms with Crippen LogP contribution in [0.25, 0.3) is 6.08 Å². The predicted molar refractivity (Wildman–Crippen MR) is 40.9 cm³/mol. The molecule has 1 heterocycles. The van der Waals surface area contributed by atoms with E-state index in [0.717, 1.165) is 11.3 Å². The third kappa shape index (κ3) is 1.11. The number of ether oxygens (including phenoxy) is 1. The summed E-state index contributed by atoms with van der Waals surface area (Å²) < 4.78 is 17.8. The second kappa shape index (κ2) is 2.38. The highest BCUT2D eigenvalue weighted by atomic mass is 19.1. The first-order chi connectivity index (χ1) is 5.36. The lowest BCUT2D eigenvalue weighted by molar-refractivity contribution is 0.357. The quantitative estimate of drug-likeness (QED) is 0.551. The summed E-state index contributed by atoms with van der Waals surface area (Å²) in [6, 6.07) is 4.51. The van der Waals surface area contributed by atoms with E-state index >= 15 is 0 Å². The predicted octanol–water partition coefficient (Wildman–Crippen LogP) is 2.23. The van der Waals surface area contributed by atoms with Gasteiger partial charge in [0.15, 0.2) is 0 Å². The maximum absolute atomic E-state index is 12.6. The smallest absolute Gasteiger partial charge is 0.127 e. The van der Waals surface area contributed by atoms with Crippen molar-refractivity contribution in [2.75, 3.05) is 6.61 Å². The van der Waals surface area contributed by atoms with E-state index in [1.807, 2.05) is 12.2 Å². The molecule has 2 rings (SSSR count). The summed E-state index contributed by atoms with van der Waals surface area (Å²) >= 11 is 0. The van der Waals surface area contributed by atoms with Crippen LogP contribution in [0.3, 0.4) is 0 Å².